The minimum absolute atomic E-state index is 0.0338. The van der Waals surface area contributed by atoms with Crippen molar-refractivity contribution in [2.24, 2.45) is 0 Å². The summed E-state index contributed by atoms with van der Waals surface area (Å²) in [6.07, 6.45) is 4.16. The number of nitrogens with one attached hydrogen (secondary N) is 1. The van der Waals surface area contributed by atoms with E-state index in [1.54, 1.807) is 29.3 Å². The van der Waals surface area contributed by atoms with Crippen molar-refractivity contribution < 1.29 is 9.53 Å². The highest BCUT2D eigenvalue weighted by Gasteiger charge is 2.20. The fourth-order valence-corrected chi connectivity index (χ4v) is 3.47. The van der Waals surface area contributed by atoms with Crippen LogP contribution in [0, 0.1) is 6.92 Å². The Labute approximate surface area is 204 Å². The number of ether oxygens (including phenoxy) is 1. The van der Waals surface area contributed by atoms with Gasteiger partial charge < -0.3 is 10.1 Å². The Hall–Kier alpha value is -4.18. The first kappa shape index (κ1) is 24.0. The van der Waals surface area contributed by atoms with Gasteiger partial charge in [0.25, 0.3) is 0 Å². The number of amides is 1. The predicted molar refractivity (Wildman–Crippen MR) is 131 cm³/mol. The number of tetrazole rings is 1. The van der Waals surface area contributed by atoms with Gasteiger partial charge in [0, 0.05) is 18.5 Å². The van der Waals surface area contributed by atoms with Crippen LogP contribution in [0.5, 0.6) is 5.75 Å². The molecule has 2 heterocycles. The monoisotopic (exact) mass is 472 g/mol. The van der Waals surface area contributed by atoms with E-state index in [-0.39, 0.29) is 12.1 Å². The smallest absolute Gasteiger partial charge is 0.410 e. The first-order chi connectivity index (χ1) is 16.8. The van der Waals surface area contributed by atoms with Gasteiger partial charge in [-0.3, -0.25) is 14.9 Å². The van der Waals surface area contributed by atoms with E-state index in [4.69, 9.17) is 4.74 Å². The second kappa shape index (κ2) is 10.4. The first-order valence-corrected chi connectivity index (χ1v) is 11.2. The molecular formula is C25H28N8O2. The van der Waals surface area contributed by atoms with E-state index in [0.29, 0.717) is 23.0 Å². The maximum atomic E-state index is 12.7. The Bertz CT molecular complexity index is 1290. The summed E-state index contributed by atoms with van der Waals surface area (Å²) in [5.41, 5.74) is 4.31. The number of nitrogens with zero attached hydrogens (tertiary/aromatic N) is 7. The maximum Gasteiger partial charge on any atom is 0.413 e. The third-order valence-electron chi connectivity index (χ3n) is 5.73. The SMILES string of the molecule is Cc1ccc(-c2cc(OC(=O)NC(C)c3cnccn3)cc(-n3nnnc3C(C)N(C)C)c2)cc1. The predicted octanol–water partition coefficient (Wildman–Crippen LogP) is 3.90. The molecule has 10 heteroatoms. The van der Waals surface area contributed by atoms with E-state index < -0.39 is 6.09 Å². The summed E-state index contributed by atoms with van der Waals surface area (Å²) in [7, 11) is 3.92. The molecule has 0 aliphatic heterocycles. The van der Waals surface area contributed by atoms with Gasteiger partial charge in [0.15, 0.2) is 5.82 Å². The van der Waals surface area contributed by atoms with E-state index in [1.165, 1.54) is 0 Å². The zero-order chi connectivity index (χ0) is 24.9. The lowest BCUT2D eigenvalue weighted by Gasteiger charge is -2.19. The molecule has 2 aromatic heterocycles. The third-order valence-corrected chi connectivity index (χ3v) is 5.73. The van der Waals surface area contributed by atoms with Gasteiger partial charge in [-0.15, -0.1) is 5.10 Å². The molecular weight excluding hydrogens is 444 g/mol. The standard InChI is InChI=1S/C25H28N8O2/c1-16-6-8-19(9-7-16)20-12-21(33-24(29-30-31-33)18(3)32(4)5)14-22(13-20)35-25(34)28-17(2)23-15-26-10-11-27-23/h6-15,17-18H,1-5H3,(H,28,34). The van der Waals surface area contributed by atoms with E-state index in [2.05, 4.69) is 30.8 Å². The second-order valence-corrected chi connectivity index (χ2v) is 8.56. The van der Waals surface area contributed by atoms with Gasteiger partial charge in [0.1, 0.15) is 5.75 Å². The van der Waals surface area contributed by atoms with Gasteiger partial charge in [-0.2, -0.15) is 4.68 Å². The summed E-state index contributed by atoms with van der Waals surface area (Å²) < 4.78 is 7.35. The van der Waals surface area contributed by atoms with E-state index in [0.717, 1.165) is 16.7 Å². The lowest BCUT2D eigenvalue weighted by Crippen LogP contribution is -2.30. The van der Waals surface area contributed by atoms with E-state index in [1.807, 2.05) is 76.2 Å². The van der Waals surface area contributed by atoms with Crippen molar-refractivity contribution in [3.63, 3.8) is 0 Å². The van der Waals surface area contributed by atoms with Crippen LogP contribution < -0.4 is 10.1 Å². The molecule has 0 spiro atoms. The lowest BCUT2D eigenvalue weighted by atomic mass is 10.0. The van der Waals surface area contributed by atoms with Gasteiger partial charge in [0.05, 0.1) is 29.7 Å². The molecule has 35 heavy (non-hydrogen) atoms. The van der Waals surface area contributed by atoms with Gasteiger partial charge in [0.2, 0.25) is 0 Å². The number of hydrogen-bond donors (Lipinski definition) is 1. The summed E-state index contributed by atoms with van der Waals surface area (Å²) in [5.74, 6) is 1.03. The van der Waals surface area contributed by atoms with Crippen molar-refractivity contribution in [1.29, 1.82) is 0 Å². The zero-order valence-corrected chi connectivity index (χ0v) is 20.4. The summed E-state index contributed by atoms with van der Waals surface area (Å²) in [6.45, 7) is 5.87. The van der Waals surface area contributed by atoms with Crippen molar-refractivity contribution in [1.82, 2.24) is 40.4 Å². The molecule has 2 aromatic carbocycles. The molecule has 0 radical (unpaired) electrons. The van der Waals surface area contributed by atoms with Crippen LogP contribution in [-0.2, 0) is 0 Å². The molecule has 180 valence electrons. The first-order valence-electron chi connectivity index (χ1n) is 11.2. The van der Waals surface area contributed by atoms with Crippen LogP contribution in [0.25, 0.3) is 16.8 Å². The fourth-order valence-electron chi connectivity index (χ4n) is 3.47. The number of aryl methyl sites for hydroxylation is 1. The quantitative estimate of drug-likeness (QED) is 0.431. The maximum absolute atomic E-state index is 12.7. The molecule has 0 bridgehead atoms. The molecule has 2 unspecified atom stereocenters. The number of aromatic nitrogens is 6. The van der Waals surface area contributed by atoms with Crippen molar-refractivity contribution in [2.45, 2.75) is 32.9 Å². The van der Waals surface area contributed by atoms with Crippen LogP contribution in [0.3, 0.4) is 0 Å². The van der Waals surface area contributed by atoms with Crippen molar-refractivity contribution in [3.05, 3.63) is 78.1 Å². The molecule has 1 N–H and O–H groups in total. The largest absolute Gasteiger partial charge is 0.413 e. The average molecular weight is 473 g/mol. The lowest BCUT2D eigenvalue weighted by molar-refractivity contribution is 0.196. The van der Waals surface area contributed by atoms with Gasteiger partial charge in [-0.1, -0.05) is 29.8 Å². The number of rotatable bonds is 7. The van der Waals surface area contributed by atoms with Crippen molar-refractivity contribution in [3.8, 4) is 22.6 Å². The zero-order valence-electron chi connectivity index (χ0n) is 20.4. The Morgan fingerprint density at radius 2 is 1.83 bits per heavy atom. The minimum atomic E-state index is -0.603. The van der Waals surface area contributed by atoms with Crippen molar-refractivity contribution >= 4 is 6.09 Å². The molecule has 0 fully saturated rings. The van der Waals surface area contributed by atoms with Crippen LogP contribution in [0.1, 0.15) is 43.0 Å². The third kappa shape index (κ3) is 5.67. The Morgan fingerprint density at radius 1 is 1.06 bits per heavy atom. The van der Waals surface area contributed by atoms with Gasteiger partial charge in [-0.25, -0.2) is 4.79 Å². The van der Waals surface area contributed by atoms with Crippen LogP contribution >= 0.6 is 0 Å². The van der Waals surface area contributed by atoms with Gasteiger partial charge >= 0.3 is 6.09 Å². The van der Waals surface area contributed by atoms with Crippen LogP contribution in [0.15, 0.2) is 61.1 Å². The summed E-state index contributed by atoms with van der Waals surface area (Å²) in [6, 6.07) is 13.3. The Kier molecular flexibility index (Phi) is 7.11. The molecule has 4 rings (SSSR count). The number of benzene rings is 2. The highest BCUT2D eigenvalue weighted by atomic mass is 16.6. The summed E-state index contributed by atoms with van der Waals surface area (Å²) >= 11 is 0. The number of carbonyl (C=O) groups is 1. The molecule has 10 nitrogen and oxygen atoms in total. The molecule has 0 aliphatic rings. The molecule has 2 atom stereocenters. The number of hydrogen-bond acceptors (Lipinski definition) is 8. The normalized spacial score (nSPS) is 12.9. The molecule has 0 saturated heterocycles. The summed E-state index contributed by atoms with van der Waals surface area (Å²) in [4.78, 5) is 23.0. The molecule has 1 amide bonds. The second-order valence-electron chi connectivity index (χ2n) is 8.56. The van der Waals surface area contributed by atoms with Crippen molar-refractivity contribution in [2.75, 3.05) is 14.1 Å². The highest BCUT2D eigenvalue weighted by Crippen LogP contribution is 2.29. The minimum Gasteiger partial charge on any atom is -0.410 e. The summed E-state index contributed by atoms with van der Waals surface area (Å²) in [5, 5.41) is 15.1. The van der Waals surface area contributed by atoms with E-state index in [9.17, 15) is 4.79 Å². The molecule has 0 saturated carbocycles. The molecule has 0 aliphatic carbocycles. The Balaban J connectivity index is 1.68. The fraction of sp³-hybridized carbons (Fsp3) is 0.280. The molecule has 4 aromatic rings. The van der Waals surface area contributed by atoms with Crippen LogP contribution in [-0.4, -0.2) is 55.3 Å². The van der Waals surface area contributed by atoms with Gasteiger partial charge in [-0.05, 0) is 68.6 Å². The van der Waals surface area contributed by atoms with E-state index >= 15 is 0 Å². The number of carbonyl (C=O) groups excluding carboxylic acids is 1. The Morgan fingerprint density at radius 3 is 2.51 bits per heavy atom. The average Bonchev–Trinajstić information content (AvgIpc) is 3.34. The van der Waals surface area contributed by atoms with Crippen LogP contribution in [0.2, 0.25) is 0 Å². The van der Waals surface area contributed by atoms with Crippen LogP contribution in [0.4, 0.5) is 4.79 Å². The topological polar surface area (TPSA) is 111 Å². The highest BCUT2D eigenvalue weighted by molar-refractivity contribution is 5.74.